The van der Waals surface area contributed by atoms with Crippen molar-refractivity contribution in [3.63, 3.8) is 0 Å². The van der Waals surface area contributed by atoms with Crippen molar-refractivity contribution >= 4 is 44.8 Å². The van der Waals surface area contributed by atoms with E-state index in [2.05, 4.69) is 26.1 Å². The summed E-state index contributed by atoms with van der Waals surface area (Å²) in [5.41, 5.74) is 2.93. The molecule has 2 aromatic carbocycles. The van der Waals surface area contributed by atoms with E-state index < -0.39 is 0 Å². The number of carbonyl (C=O) groups excluding carboxylic acids is 1. The number of hydrogen-bond acceptors (Lipinski definition) is 4. The topological polar surface area (TPSA) is 50.8 Å². The molecule has 3 rings (SSSR count). The summed E-state index contributed by atoms with van der Waals surface area (Å²) in [6, 6.07) is 9.19. The van der Waals surface area contributed by atoms with E-state index in [1.165, 1.54) is 0 Å². The van der Waals surface area contributed by atoms with E-state index >= 15 is 0 Å². The highest BCUT2D eigenvalue weighted by Gasteiger charge is 2.18. The smallest absolute Gasteiger partial charge is 0.259 e. The summed E-state index contributed by atoms with van der Waals surface area (Å²) in [7, 11) is 1.56. The minimum absolute atomic E-state index is 0.249. The molecule has 1 saturated heterocycles. The molecular weight excluding hydrogens is 420 g/mol. The van der Waals surface area contributed by atoms with Crippen LogP contribution >= 0.6 is 27.5 Å². The van der Waals surface area contributed by atoms with Gasteiger partial charge in [0.15, 0.2) is 0 Å². The number of morpholine rings is 1. The van der Waals surface area contributed by atoms with E-state index in [-0.39, 0.29) is 5.91 Å². The zero-order chi connectivity index (χ0) is 18.7. The molecule has 0 atom stereocenters. The third-order valence-corrected chi connectivity index (χ3v) is 5.01. The monoisotopic (exact) mass is 438 g/mol. The fourth-order valence-electron chi connectivity index (χ4n) is 3.01. The van der Waals surface area contributed by atoms with E-state index in [4.69, 9.17) is 21.1 Å². The number of rotatable bonds is 4. The Hall–Kier alpha value is -1.76. The van der Waals surface area contributed by atoms with Gasteiger partial charge in [-0.05, 0) is 42.8 Å². The van der Waals surface area contributed by atoms with Gasteiger partial charge >= 0.3 is 0 Å². The number of ether oxygens (including phenoxy) is 2. The standard InChI is InChI=1S/C19H20BrClN2O3/c1-12-9-13(20)10-15(18(12)25-2)19(24)22-14-3-4-17(16(21)11-14)23-5-7-26-8-6-23/h3-4,9-11H,5-8H2,1-2H3,(H,22,24). The molecule has 26 heavy (non-hydrogen) atoms. The highest BCUT2D eigenvalue weighted by molar-refractivity contribution is 9.10. The molecule has 0 unspecified atom stereocenters. The average Bonchev–Trinajstić information content (AvgIpc) is 2.62. The lowest BCUT2D eigenvalue weighted by Gasteiger charge is -2.29. The third kappa shape index (κ3) is 4.14. The molecule has 0 bridgehead atoms. The highest BCUT2D eigenvalue weighted by atomic mass is 79.9. The second-order valence-corrected chi connectivity index (χ2v) is 7.35. The van der Waals surface area contributed by atoms with Crippen LogP contribution < -0.4 is 15.0 Å². The van der Waals surface area contributed by atoms with Gasteiger partial charge in [0.05, 0.1) is 36.6 Å². The predicted molar refractivity (Wildman–Crippen MR) is 108 cm³/mol. The summed E-state index contributed by atoms with van der Waals surface area (Å²) in [5, 5.41) is 3.49. The quantitative estimate of drug-likeness (QED) is 0.761. The molecule has 0 saturated carbocycles. The highest BCUT2D eigenvalue weighted by Crippen LogP contribution is 2.31. The fraction of sp³-hybridized carbons (Fsp3) is 0.316. The van der Waals surface area contributed by atoms with Crippen molar-refractivity contribution in [1.29, 1.82) is 0 Å². The van der Waals surface area contributed by atoms with Gasteiger partial charge in [-0.1, -0.05) is 27.5 Å². The number of hydrogen-bond donors (Lipinski definition) is 1. The van der Waals surface area contributed by atoms with Gasteiger partial charge in [-0.15, -0.1) is 0 Å². The minimum atomic E-state index is -0.249. The summed E-state index contributed by atoms with van der Waals surface area (Å²) in [6.07, 6.45) is 0. The van der Waals surface area contributed by atoms with Crippen LogP contribution in [-0.4, -0.2) is 39.3 Å². The van der Waals surface area contributed by atoms with E-state index in [0.717, 1.165) is 28.8 Å². The summed E-state index contributed by atoms with van der Waals surface area (Å²) >= 11 is 9.86. The molecule has 1 aliphatic rings. The molecule has 2 aromatic rings. The molecule has 0 radical (unpaired) electrons. The van der Waals surface area contributed by atoms with Gasteiger partial charge in [0.1, 0.15) is 5.75 Å². The summed E-state index contributed by atoms with van der Waals surface area (Å²) in [6.45, 7) is 4.89. The molecule has 1 fully saturated rings. The molecule has 5 nitrogen and oxygen atoms in total. The van der Waals surface area contributed by atoms with Crippen LogP contribution in [0.15, 0.2) is 34.8 Å². The molecule has 0 aromatic heterocycles. The van der Waals surface area contributed by atoms with Crippen LogP contribution in [-0.2, 0) is 4.74 Å². The lowest BCUT2D eigenvalue weighted by Crippen LogP contribution is -2.36. The number of benzene rings is 2. The zero-order valence-electron chi connectivity index (χ0n) is 14.6. The number of amides is 1. The van der Waals surface area contributed by atoms with Gasteiger partial charge in [0, 0.05) is 23.2 Å². The Balaban J connectivity index is 1.81. The van der Waals surface area contributed by atoms with Gasteiger partial charge in [0.2, 0.25) is 0 Å². The van der Waals surface area contributed by atoms with Crippen LogP contribution in [0.4, 0.5) is 11.4 Å². The van der Waals surface area contributed by atoms with E-state index in [1.807, 2.05) is 25.1 Å². The van der Waals surface area contributed by atoms with Crippen molar-refractivity contribution in [1.82, 2.24) is 0 Å². The molecule has 1 N–H and O–H groups in total. The first kappa shape index (κ1) is 19.0. The molecule has 0 aliphatic carbocycles. The predicted octanol–water partition coefficient (Wildman–Crippen LogP) is 4.51. The number of nitrogens with one attached hydrogen (secondary N) is 1. The summed E-state index contributed by atoms with van der Waals surface area (Å²) in [4.78, 5) is 14.9. The van der Waals surface area contributed by atoms with Gasteiger partial charge in [-0.25, -0.2) is 0 Å². The van der Waals surface area contributed by atoms with Crippen molar-refractivity contribution < 1.29 is 14.3 Å². The lowest BCUT2D eigenvalue weighted by atomic mass is 10.1. The van der Waals surface area contributed by atoms with Crippen molar-refractivity contribution in [2.24, 2.45) is 0 Å². The maximum absolute atomic E-state index is 12.7. The third-order valence-electron chi connectivity index (χ3n) is 4.25. The van der Waals surface area contributed by atoms with Crippen LogP contribution in [0.25, 0.3) is 0 Å². The van der Waals surface area contributed by atoms with Crippen LogP contribution in [0.1, 0.15) is 15.9 Å². The molecule has 7 heteroatoms. The number of halogens is 2. The van der Waals surface area contributed by atoms with Crippen LogP contribution in [0.3, 0.4) is 0 Å². The Labute approximate surface area is 166 Å². The Morgan fingerprint density at radius 3 is 2.65 bits per heavy atom. The van der Waals surface area contributed by atoms with Crippen molar-refractivity contribution in [2.45, 2.75) is 6.92 Å². The van der Waals surface area contributed by atoms with Gasteiger partial charge in [0.25, 0.3) is 5.91 Å². The minimum Gasteiger partial charge on any atom is -0.496 e. The Morgan fingerprint density at radius 1 is 1.27 bits per heavy atom. The maximum atomic E-state index is 12.7. The van der Waals surface area contributed by atoms with Crippen molar-refractivity contribution in [3.8, 4) is 5.75 Å². The van der Waals surface area contributed by atoms with E-state index in [0.29, 0.717) is 35.2 Å². The molecule has 138 valence electrons. The second-order valence-electron chi connectivity index (χ2n) is 6.02. The first-order valence-corrected chi connectivity index (χ1v) is 9.44. The van der Waals surface area contributed by atoms with E-state index in [1.54, 1.807) is 19.2 Å². The van der Waals surface area contributed by atoms with Crippen LogP contribution in [0, 0.1) is 6.92 Å². The lowest BCUT2D eigenvalue weighted by molar-refractivity contribution is 0.102. The number of carbonyl (C=O) groups is 1. The SMILES string of the molecule is COc1c(C)cc(Br)cc1C(=O)Nc1ccc(N2CCOCC2)c(Cl)c1. The number of aryl methyl sites for hydroxylation is 1. The van der Waals surface area contributed by atoms with Crippen molar-refractivity contribution in [2.75, 3.05) is 43.6 Å². The van der Waals surface area contributed by atoms with Crippen molar-refractivity contribution in [3.05, 3.63) is 51.0 Å². The van der Waals surface area contributed by atoms with Crippen LogP contribution in [0.5, 0.6) is 5.75 Å². The van der Waals surface area contributed by atoms with Gasteiger partial charge < -0.3 is 19.7 Å². The summed E-state index contributed by atoms with van der Waals surface area (Å²) < 4.78 is 11.6. The Bertz CT molecular complexity index is 823. The average molecular weight is 440 g/mol. The fourth-order valence-corrected chi connectivity index (χ4v) is 3.89. The second kappa shape index (κ2) is 8.29. The number of anilines is 2. The largest absolute Gasteiger partial charge is 0.496 e. The molecule has 1 heterocycles. The first-order chi connectivity index (χ1) is 12.5. The Morgan fingerprint density at radius 2 is 2.00 bits per heavy atom. The maximum Gasteiger partial charge on any atom is 0.259 e. The van der Waals surface area contributed by atoms with Gasteiger partial charge in [-0.2, -0.15) is 0 Å². The molecule has 1 aliphatic heterocycles. The van der Waals surface area contributed by atoms with Crippen LogP contribution in [0.2, 0.25) is 5.02 Å². The number of methoxy groups -OCH3 is 1. The Kier molecular flexibility index (Phi) is 6.06. The first-order valence-electron chi connectivity index (χ1n) is 8.27. The molecule has 0 spiro atoms. The van der Waals surface area contributed by atoms with Gasteiger partial charge in [-0.3, -0.25) is 4.79 Å². The summed E-state index contributed by atoms with van der Waals surface area (Å²) in [5.74, 6) is 0.308. The zero-order valence-corrected chi connectivity index (χ0v) is 17.0. The normalized spacial score (nSPS) is 14.2. The number of nitrogens with zero attached hydrogens (tertiary/aromatic N) is 1. The molecule has 1 amide bonds. The van der Waals surface area contributed by atoms with E-state index in [9.17, 15) is 4.79 Å². The molecular formula is C19H20BrClN2O3.